The summed E-state index contributed by atoms with van der Waals surface area (Å²) in [5.74, 6) is 0. The van der Waals surface area contributed by atoms with Crippen molar-refractivity contribution in [3.8, 4) is 0 Å². The molecule has 9 heavy (non-hydrogen) atoms. The molecule has 0 bridgehead atoms. The summed E-state index contributed by atoms with van der Waals surface area (Å²) in [7, 11) is -4.64. The first-order valence-corrected chi connectivity index (χ1v) is 2.35. The van der Waals surface area contributed by atoms with Crippen LogP contribution in [0.2, 0.25) is 0 Å². The second-order valence-electron chi connectivity index (χ2n) is 0.513. The molecule has 1 radical (unpaired) electrons. The fourth-order valence-corrected chi connectivity index (χ4v) is 0. The molecule has 45 valence electrons. The van der Waals surface area contributed by atoms with Crippen LogP contribution in [0.5, 0.6) is 0 Å². The van der Waals surface area contributed by atoms with E-state index >= 15 is 0 Å². The van der Waals surface area contributed by atoms with Gasteiger partial charge >= 0.3 is 108 Å². The Morgan fingerprint density at radius 2 is 1.11 bits per heavy atom. The zero-order valence-electron chi connectivity index (χ0n) is 2.58. The van der Waals surface area contributed by atoms with Crippen molar-refractivity contribution in [3.05, 3.63) is 0 Å². The molecule has 0 amide bonds. The van der Waals surface area contributed by atoms with Crippen LogP contribution in [0, 0.1) is 0 Å². The Labute approximate surface area is 141 Å². The molecule has 0 aliphatic heterocycles. The number of hydrogen-bond acceptors (Lipinski definition) is 1. The van der Waals surface area contributed by atoms with E-state index in [0.29, 0.717) is 0 Å². The van der Waals surface area contributed by atoms with E-state index in [1.165, 1.54) is 0 Å². The molecule has 9 heteroatoms. The van der Waals surface area contributed by atoms with Crippen LogP contribution in [0.4, 0.5) is 0 Å². The van der Waals surface area contributed by atoms with Crippen LogP contribution in [-0.4, -0.2) is 114 Å². The fourth-order valence-electron chi connectivity index (χ4n) is 0. The summed E-state index contributed by atoms with van der Waals surface area (Å²) in [6.45, 7) is 0. The van der Waals surface area contributed by atoms with Gasteiger partial charge in [0.2, 0.25) is 0 Å². The number of hydrogen-bond donors (Lipinski definition) is 3. The molecule has 0 aliphatic carbocycles. The Morgan fingerprint density at radius 3 is 1.11 bits per heavy atom. The summed E-state index contributed by atoms with van der Waals surface area (Å²) in [6, 6.07) is 0. The van der Waals surface area contributed by atoms with Gasteiger partial charge in [-0.2, -0.15) is 0 Å². The van der Waals surface area contributed by atoms with E-state index in [4.69, 9.17) is 19.2 Å². The van der Waals surface area contributed by atoms with Gasteiger partial charge < -0.3 is 14.7 Å². The minimum absolute atomic E-state index is 0. The van der Waals surface area contributed by atoms with Gasteiger partial charge in [0.1, 0.15) is 0 Å². The van der Waals surface area contributed by atoms with Gasteiger partial charge in [-0.15, -0.1) is 0 Å². The van der Waals surface area contributed by atoms with Gasteiger partial charge in [-0.05, 0) is 0 Å². The zero-order chi connectivity index (χ0) is 4.50. The van der Waals surface area contributed by atoms with Crippen LogP contribution in [0.3, 0.4) is 0 Å². The van der Waals surface area contributed by atoms with Crippen LogP contribution < -0.4 is 0 Å². The van der Waals surface area contributed by atoms with E-state index in [2.05, 4.69) is 0 Å². The zero-order valence-corrected chi connectivity index (χ0v) is 4.65. The molecule has 0 rings (SSSR count). The van der Waals surface area contributed by atoms with Crippen LogP contribution in [0.25, 0.3) is 0 Å². The molecule has 0 heterocycles. The van der Waals surface area contributed by atoms with E-state index in [-0.39, 0.29) is 117 Å². The molecule has 0 aliphatic rings. The predicted octanol–water partition coefficient (Wildman–Crippen LogP) is -2.88. The Morgan fingerprint density at radius 1 is 1.11 bits per heavy atom. The minimum atomic E-state index is -4.64. The molecule has 0 spiro atoms. The maximum absolute atomic E-state index is 8.88. The molecule has 0 saturated heterocycles. The summed E-state index contributed by atoms with van der Waals surface area (Å²) in [5.41, 5.74) is 0. The third-order valence-corrected chi connectivity index (χ3v) is 0. The third-order valence-electron chi connectivity index (χ3n) is 0. The molecular formula is H6KLiMnNaO4P. The summed E-state index contributed by atoms with van der Waals surface area (Å²) in [6.07, 6.45) is 0. The van der Waals surface area contributed by atoms with Crippen molar-refractivity contribution in [2.75, 3.05) is 0 Å². The van der Waals surface area contributed by atoms with E-state index in [9.17, 15) is 0 Å². The maximum atomic E-state index is 8.88. The van der Waals surface area contributed by atoms with Crippen LogP contribution >= 0.6 is 7.82 Å². The average molecular weight is 225 g/mol. The summed E-state index contributed by atoms with van der Waals surface area (Å²) < 4.78 is 8.88. The van der Waals surface area contributed by atoms with Gasteiger partial charge in [0, 0.05) is 17.1 Å². The number of phosphoric acid groups is 1. The summed E-state index contributed by atoms with van der Waals surface area (Å²) in [5, 5.41) is 0. The summed E-state index contributed by atoms with van der Waals surface area (Å²) >= 11 is 0. The molecule has 4 nitrogen and oxygen atoms in total. The van der Waals surface area contributed by atoms with Crippen LogP contribution in [0.15, 0.2) is 0 Å². The average Bonchev–Trinajstić information content (AvgIpc) is 0.722. The first kappa shape index (κ1) is 29.3. The Hall–Kier alpha value is 3.86. The number of rotatable bonds is 0. The molecule has 0 unspecified atom stereocenters. The van der Waals surface area contributed by atoms with Crippen molar-refractivity contribution in [2.24, 2.45) is 0 Å². The van der Waals surface area contributed by atoms with Gasteiger partial charge in [0.25, 0.3) is 0 Å². The molecule has 0 fully saturated rings. The second kappa shape index (κ2) is 14.4. The summed E-state index contributed by atoms with van der Waals surface area (Å²) in [4.78, 5) is 21.6. The van der Waals surface area contributed by atoms with Gasteiger partial charge in [-0.3, -0.25) is 0 Å². The molecule has 0 aromatic rings. The van der Waals surface area contributed by atoms with Crippen LogP contribution in [0.1, 0.15) is 0 Å². The second-order valence-corrected chi connectivity index (χ2v) is 1.54. The van der Waals surface area contributed by atoms with Gasteiger partial charge in [0.05, 0.1) is 0 Å². The molecule has 0 atom stereocenters. The van der Waals surface area contributed by atoms with Crippen LogP contribution in [-0.2, 0) is 21.6 Å². The fraction of sp³-hybridized carbons (Fsp3) is 0. The Balaban J connectivity index is -0.0000000133. The molecule has 0 aromatic carbocycles. The quantitative estimate of drug-likeness (QED) is 0.306. The van der Waals surface area contributed by atoms with Crippen molar-refractivity contribution in [1.29, 1.82) is 0 Å². The van der Waals surface area contributed by atoms with E-state index < -0.39 is 7.82 Å². The van der Waals surface area contributed by atoms with Gasteiger partial charge in [-0.25, -0.2) is 4.57 Å². The third kappa shape index (κ3) is 77.3. The first-order chi connectivity index (χ1) is 2.00. The standard InChI is InChI=1S/K.Li.Mn.Na.H3O4P.3H/c;;;;1-5(2,3)4;;;/h;;;;(H3,1,2,3,4);;;. The molecule has 0 saturated carbocycles. The molecule has 0 aromatic heterocycles. The van der Waals surface area contributed by atoms with E-state index in [1.807, 2.05) is 0 Å². The monoisotopic (exact) mass is 225 g/mol. The predicted molar refractivity (Wildman–Crippen MR) is 35.7 cm³/mol. The SMILES string of the molecule is O=P(O)(O)O.[KH].[LiH].[Mn].[NaH]. The van der Waals surface area contributed by atoms with Crippen molar-refractivity contribution in [1.82, 2.24) is 0 Å². The normalized spacial score (nSPS) is 6.56. The topological polar surface area (TPSA) is 77.8 Å². The van der Waals surface area contributed by atoms with Crippen molar-refractivity contribution < 1.29 is 36.3 Å². The van der Waals surface area contributed by atoms with E-state index in [0.717, 1.165) is 0 Å². The Kier molecular flexibility index (Phi) is 46.8. The van der Waals surface area contributed by atoms with Gasteiger partial charge in [-0.1, -0.05) is 0 Å². The van der Waals surface area contributed by atoms with Crippen molar-refractivity contribution in [3.63, 3.8) is 0 Å². The van der Waals surface area contributed by atoms with E-state index in [1.54, 1.807) is 0 Å². The molecular weight excluding hydrogens is 219 g/mol. The molecule has 3 N–H and O–H groups in total. The van der Waals surface area contributed by atoms with Crippen molar-refractivity contribution >= 4 is 108 Å². The Bertz CT molecular complexity index is 66.7. The van der Waals surface area contributed by atoms with Gasteiger partial charge in [0.15, 0.2) is 0 Å². The van der Waals surface area contributed by atoms with Crippen molar-refractivity contribution in [2.45, 2.75) is 0 Å². The first-order valence-electron chi connectivity index (χ1n) is 0.783.